The van der Waals surface area contributed by atoms with Gasteiger partial charge < -0.3 is 15.5 Å². The fourth-order valence-corrected chi connectivity index (χ4v) is 3.52. The first-order valence-electron chi connectivity index (χ1n) is 9.13. The van der Waals surface area contributed by atoms with E-state index < -0.39 is 0 Å². The van der Waals surface area contributed by atoms with Gasteiger partial charge in [-0.3, -0.25) is 9.89 Å². The Hall–Kier alpha value is -2.54. The minimum absolute atomic E-state index is 0.0284. The molecule has 27 heavy (non-hydrogen) atoms. The standard InChI is InChI=1S/C19H24ClN5O2/c1-3-21-19(27)23-16-10-22-24-17(16)14-5-4-8-25(11-14)18(26)13-7-6-12(2)15(20)9-13/h6-7,9-10,14H,3-5,8,11H2,1-2H3,(H,22,24)(H2,21,23,27)/t14-/m0/s1. The second-order valence-corrected chi connectivity index (χ2v) is 7.14. The molecule has 1 aromatic heterocycles. The molecule has 0 spiro atoms. The van der Waals surface area contributed by atoms with E-state index in [4.69, 9.17) is 11.6 Å². The monoisotopic (exact) mass is 389 g/mol. The van der Waals surface area contributed by atoms with E-state index in [1.807, 2.05) is 30.9 Å². The summed E-state index contributed by atoms with van der Waals surface area (Å²) in [6, 6.07) is 5.13. The van der Waals surface area contributed by atoms with Gasteiger partial charge in [0, 0.05) is 36.1 Å². The van der Waals surface area contributed by atoms with Crippen LogP contribution in [0.4, 0.5) is 10.5 Å². The summed E-state index contributed by atoms with van der Waals surface area (Å²) in [5.41, 5.74) is 3.04. The van der Waals surface area contributed by atoms with Crippen molar-refractivity contribution < 1.29 is 9.59 Å². The summed E-state index contributed by atoms with van der Waals surface area (Å²) in [5, 5.41) is 13.2. The maximum Gasteiger partial charge on any atom is 0.319 e. The molecule has 0 saturated carbocycles. The second kappa shape index (κ2) is 8.43. The predicted octanol–water partition coefficient (Wildman–Crippen LogP) is 3.53. The van der Waals surface area contributed by atoms with E-state index in [1.165, 1.54) is 0 Å². The minimum atomic E-state index is -0.266. The third-order valence-corrected chi connectivity index (χ3v) is 5.20. The van der Waals surface area contributed by atoms with Crippen LogP contribution in [0.2, 0.25) is 5.02 Å². The number of carbonyl (C=O) groups is 2. The van der Waals surface area contributed by atoms with E-state index in [0.717, 1.165) is 24.1 Å². The topological polar surface area (TPSA) is 90.1 Å². The molecule has 0 aliphatic carbocycles. The van der Waals surface area contributed by atoms with Gasteiger partial charge in [-0.15, -0.1) is 0 Å². The molecule has 1 saturated heterocycles. The fraction of sp³-hybridized carbons (Fsp3) is 0.421. The number of halogens is 1. The summed E-state index contributed by atoms with van der Waals surface area (Å²) in [4.78, 5) is 26.5. The molecule has 2 heterocycles. The lowest BCUT2D eigenvalue weighted by Crippen LogP contribution is -2.39. The van der Waals surface area contributed by atoms with Crippen molar-refractivity contribution in [3.63, 3.8) is 0 Å². The Morgan fingerprint density at radius 1 is 1.41 bits per heavy atom. The molecule has 7 nitrogen and oxygen atoms in total. The Bertz CT molecular complexity index is 835. The van der Waals surface area contributed by atoms with E-state index in [0.29, 0.717) is 35.9 Å². The summed E-state index contributed by atoms with van der Waals surface area (Å²) in [7, 11) is 0. The molecule has 3 amide bonds. The van der Waals surface area contributed by atoms with Crippen LogP contribution in [0.3, 0.4) is 0 Å². The van der Waals surface area contributed by atoms with Gasteiger partial charge in [0.1, 0.15) is 0 Å². The lowest BCUT2D eigenvalue weighted by atomic mass is 9.93. The number of hydrogen-bond acceptors (Lipinski definition) is 3. The summed E-state index contributed by atoms with van der Waals surface area (Å²) in [6.45, 7) is 5.58. The number of aromatic amines is 1. The summed E-state index contributed by atoms with van der Waals surface area (Å²) in [5.74, 6) is 0.0578. The molecular weight excluding hydrogens is 366 g/mol. The maximum atomic E-state index is 12.9. The Balaban J connectivity index is 1.73. The summed E-state index contributed by atoms with van der Waals surface area (Å²) >= 11 is 6.17. The van der Waals surface area contributed by atoms with Gasteiger partial charge in [-0.25, -0.2) is 4.79 Å². The molecule has 3 N–H and O–H groups in total. The summed E-state index contributed by atoms with van der Waals surface area (Å²) < 4.78 is 0. The maximum absolute atomic E-state index is 12.9. The average Bonchev–Trinajstić information content (AvgIpc) is 3.11. The van der Waals surface area contributed by atoms with E-state index in [2.05, 4.69) is 20.8 Å². The van der Waals surface area contributed by atoms with Crippen molar-refractivity contribution in [2.75, 3.05) is 25.0 Å². The van der Waals surface area contributed by atoms with Gasteiger partial charge in [-0.1, -0.05) is 17.7 Å². The van der Waals surface area contributed by atoms with Crippen LogP contribution < -0.4 is 10.6 Å². The molecule has 0 radical (unpaired) electrons. The quantitative estimate of drug-likeness (QED) is 0.747. The number of nitrogens with one attached hydrogen (secondary N) is 3. The number of benzene rings is 1. The van der Waals surface area contributed by atoms with E-state index in [-0.39, 0.29) is 17.9 Å². The van der Waals surface area contributed by atoms with Gasteiger partial charge in [0.05, 0.1) is 17.6 Å². The number of anilines is 1. The number of aromatic nitrogens is 2. The van der Waals surface area contributed by atoms with E-state index in [9.17, 15) is 9.59 Å². The van der Waals surface area contributed by atoms with Crippen molar-refractivity contribution in [3.8, 4) is 0 Å². The van der Waals surface area contributed by atoms with Crippen LogP contribution in [0.15, 0.2) is 24.4 Å². The zero-order valence-electron chi connectivity index (χ0n) is 15.5. The zero-order valence-corrected chi connectivity index (χ0v) is 16.3. The number of carbonyl (C=O) groups excluding carboxylic acids is 2. The first-order chi connectivity index (χ1) is 13.0. The largest absolute Gasteiger partial charge is 0.338 e. The normalized spacial score (nSPS) is 16.9. The van der Waals surface area contributed by atoms with Crippen LogP contribution in [-0.4, -0.2) is 46.7 Å². The van der Waals surface area contributed by atoms with Crippen molar-refractivity contribution in [3.05, 3.63) is 46.2 Å². The summed E-state index contributed by atoms with van der Waals surface area (Å²) in [6.07, 6.45) is 3.41. The molecule has 1 aliphatic heterocycles. The van der Waals surface area contributed by atoms with Crippen LogP contribution in [0.5, 0.6) is 0 Å². The number of amides is 3. The van der Waals surface area contributed by atoms with Gasteiger partial charge in [-0.2, -0.15) is 5.10 Å². The number of piperidine rings is 1. The lowest BCUT2D eigenvalue weighted by molar-refractivity contribution is 0.0706. The Labute approximate surface area is 163 Å². The molecule has 1 atom stereocenters. The molecular formula is C19H24ClN5O2. The predicted molar refractivity (Wildman–Crippen MR) is 105 cm³/mol. The van der Waals surface area contributed by atoms with Gasteiger partial charge in [0.25, 0.3) is 5.91 Å². The molecule has 144 valence electrons. The van der Waals surface area contributed by atoms with Gasteiger partial charge in [0.15, 0.2) is 0 Å². The third kappa shape index (κ3) is 4.42. The first kappa shape index (κ1) is 19.2. The minimum Gasteiger partial charge on any atom is -0.338 e. The molecule has 3 rings (SSSR count). The molecule has 0 bridgehead atoms. The van der Waals surface area contributed by atoms with Gasteiger partial charge >= 0.3 is 6.03 Å². The number of aryl methyl sites for hydroxylation is 1. The molecule has 1 fully saturated rings. The van der Waals surface area contributed by atoms with Crippen LogP contribution in [0, 0.1) is 6.92 Å². The number of rotatable bonds is 4. The Kier molecular flexibility index (Phi) is 6.01. The zero-order chi connectivity index (χ0) is 19.4. The first-order valence-corrected chi connectivity index (χ1v) is 9.51. The van der Waals surface area contributed by atoms with Crippen molar-refractivity contribution >= 4 is 29.2 Å². The fourth-order valence-electron chi connectivity index (χ4n) is 3.34. The third-order valence-electron chi connectivity index (χ3n) is 4.79. The number of nitrogens with zero attached hydrogens (tertiary/aromatic N) is 2. The highest BCUT2D eigenvalue weighted by atomic mass is 35.5. The van der Waals surface area contributed by atoms with Gasteiger partial charge in [-0.05, 0) is 44.4 Å². The lowest BCUT2D eigenvalue weighted by Gasteiger charge is -2.32. The molecule has 1 aliphatic rings. The number of H-pyrrole nitrogens is 1. The van der Waals surface area contributed by atoms with E-state index >= 15 is 0 Å². The second-order valence-electron chi connectivity index (χ2n) is 6.74. The van der Waals surface area contributed by atoms with Gasteiger partial charge in [0.2, 0.25) is 0 Å². The van der Waals surface area contributed by atoms with Crippen molar-refractivity contribution in [2.24, 2.45) is 0 Å². The highest BCUT2D eigenvalue weighted by Crippen LogP contribution is 2.31. The molecule has 1 aromatic carbocycles. The van der Waals surface area contributed by atoms with Crippen molar-refractivity contribution in [1.29, 1.82) is 0 Å². The molecule has 0 unspecified atom stereocenters. The van der Waals surface area contributed by atoms with Crippen LogP contribution in [0.1, 0.15) is 47.3 Å². The van der Waals surface area contributed by atoms with Crippen molar-refractivity contribution in [1.82, 2.24) is 20.4 Å². The van der Waals surface area contributed by atoms with E-state index in [1.54, 1.807) is 12.3 Å². The van der Waals surface area contributed by atoms with Crippen LogP contribution in [0.25, 0.3) is 0 Å². The molecule has 2 aromatic rings. The number of likely N-dealkylation sites (tertiary alicyclic amines) is 1. The number of urea groups is 1. The van der Waals surface area contributed by atoms with Crippen LogP contribution in [-0.2, 0) is 0 Å². The average molecular weight is 390 g/mol. The highest BCUT2D eigenvalue weighted by molar-refractivity contribution is 6.31. The highest BCUT2D eigenvalue weighted by Gasteiger charge is 2.28. The van der Waals surface area contributed by atoms with Crippen molar-refractivity contribution in [2.45, 2.75) is 32.6 Å². The molecule has 8 heteroatoms. The smallest absolute Gasteiger partial charge is 0.319 e. The number of hydrogen-bond donors (Lipinski definition) is 3. The Morgan fingerprint density at radius 3 is 2.96 bits per heavy atom. The van der Waals surface area contributed by atoms with Crippen LogP contribution >= 0.6 is 11.6 Å². The Morgan fingerprint density at radius 2 is 2.22 bits per heavy atom. The SMILES string of the molecule is CCNC(=O)Nc1cn[nH]c1[C@H]1CCCN(C(=O)c2ccc(C)c(Cl)c2)C1.